The highest BCUT2D eigenvalue weighted by atomic mass is 16.5. The van der Waals surface area contributed by atoms with Gasteiger partial charge in [0.25, 0.3) is 0 Å². The standard InChI is InChI=1S/C29H22N2O4/c1-2-7-28(32)31-21-9-6-8-20(18-21)27-19-25-29(35-27)26(16-17-30-25)34-24-14-12-23(13-15-24)33-22-10-4-3-5-11-22/h2-19H,1H3,(H,31,32). The summed E-state index contributed by atoms with van der Waals surface area (Å²) in [6, 6.07) is 28.0. The molecule has 1 N–H and O–H groups in total. The van der Waals surface area contributed by atoms with Crippen LogP contribution in [0.5, 0.6) is 23.0 Å². The highest BCUT2D eigenvalue weighted by molar-refractivity contribution is 5.99. The Labute approximate surface area is 202 Å². The molecule has 6 heteroatoms. The minimum absolute atomic E-state index is 0.188. The van der Waals surface area contributed by atoms with Gasteiger partial charge in [0.15, 0.2) is 11.3 Å². The van der Waals surface area contributed by atoms with E-state index in [1.807, 2.05) is 84.9 Å². The van der Waals surface area contributed by atoms with Gasteiger partial charge in [-0.1, -0.05) is 36.4 Å². The molecule has 5 rings (SSSR count). The maximum atomic E-state index is 11.9. The molecule has 0 unspecified atom stereocenters. The molecule has 2 aromatic heterocycles. The first-order valence-corrected chi connectivity index (χ1v) is 11.1. The Kier molecular flexibility index (Phi) is 6.26. The fourth-order valence-electron chi connectivity index (χ4n) is 3.55. The zero-order valence-electron chi connectivity index (χ0n) is 19.0. The number of pyridine rings is 1. The number of furan rings is 1. The van der Waals surface area contributed by atoms with E-state index in [0.29, 0.717) is 39.8 Å². The Morgan fingerprint density at radius 3 is 2.37 bits per heavy atom. The predicted octanol–water partition coefficient (Wildman–Crippen LogP) is 7.59. The number of nitrogens with one attached hydrogen (secondary N) is 1. The van der Waals surface area contributed by atoms with Crippen LogP contribution in [0, 0.1) is 0 Å². The summed E-state index contributed by atoms with van der Waals surface area (Å²) in [6.07, 6.45) is 4.84. The minimum Gasteiger partial charge on any atom is -0.457 e. The number of nitrogens with zero attached hydrogens (tertiary/aromatic N) is 1. The van der Waals surface area contributed by atoms with Crippen LogP contribution in [0.4, 0.5) is 5.69 Å². The van der Waals surface area contributed by atoms with E-state index in [-0.39, 0.29) is 5.91 Å². The van der Waals surface area contributed by atoms with E-state index in [0.717, 1.165) is 11.3 Å². The normalized spacial score (nSPS) is 11.0. The molecular weight excluding hydrogens is 440 g/mol. The quantitative estimate of drug-likeness (QED) is 0.252. The Bertz CT molecular complexity index is 1490. The van der Waals surface area contributed by atoms with E-state index in [1.165, 1.54) is 6.08 Å². The summed E-state index contributed by atoms with van der Waals surface area (Å²) in [6.45, 7) is 1.80. The number of para-hydroxylation sites is 1. The number of hydrogen-bond donors (Lipinski definition) is 1. The minimum atomic E-state index is -0.188. The molecule has 5 aromatic rings. The Morgan fingerprint density at radius 2 is 1.60 bits per heavy atom. The molecule has 0 atom stereocenters. The first kappa shape index (κ1) is 22.0. The van der Waals surface area contributed by atoms with Crippen LogP contribution in [0.1, 0.15) is 6.92 Å². The first-order valence-electron chi connectivity index (χ1n) is 11.1. The topological polar surface area (TPSA) is 73.6 Å². The fraction of sp³-hybridized carbons (Fsp3) is 0.0345. The largest absolute Gasteiger partial charge is 0.457 e. The van der Waals surface area contributed by atoms with Crippen molar-refractivity contribution in [2.24, 2.45) is 0 Å². The second-order valence-electron chi connectivity index (χ2n) is 7.69. The summed E-state index contributed by atoms with van der Waals surface area (Å²) in [7, 11) is 0. The van der Waals surface area contributed by atoms with Gasteiger partial charge < -0.3 is 19.2 Å². The second-order valence-corrected chi connectivity index (χ2v) is 7.69. The third-order valence-corrected chi connectivity index (χ3v) is 5.14. The van der Waals surface area contributed by atoms with Crippen LogP contribution < -0.4 is 14.8 Å². The lowest BCUT2D eigenvalue weighted by atomic mass is 10.1. The maximum Gasteiger partial charge on any atom is 0.248 e. The van der Waals surface area contributed by atoms with Gasteiger partial charge in [-0.05, 0) is 61.5 Å². The molecule has 0 radical (unpaired) electrons. The number of aromatic nitrogens is 1. The van der Waals surface area contributed by atoms with Crippen LogP contribution in [0.2, 0.25) is 0 Å². The van der Waals surface area contributed by atoms with E-state index in [1.54, 1.807) is 25.3 Å². The van der Waals surface area contributed by atoms with Gasteiger partial charge in [0.05, 0.1) is 0 Å². The SMILES string of the molecule is CC=CC(=O)Nc1cccc(-c2cc3nccc(Oc4ccc(Oc5ccccc5)cc4)c3o2)c1. The number of carbonyl (C=O) groups excluding carboxylic acids is 1. The Hall–Kier alpha value is -4.84. The van der Waals surface area contributed by atoms with Gasteiger partial charge in [-0.15, -0.1) is 0 Å². The number of rotatable bonds is 7. The lowest BCUT2D eigenvalue weighted by Crippen LogP contribution is -2.07. The first-order chi connectivity index (χ1) is 17.2. The summed E-state index contributed by atoms with van der Waals surface area (Å²) in [4.78, 5) is 16.3. The molecule has 0 fully saturated rings. The number of benzene rings is 3. The molecule has 0 aliphatic rings. The Balaban J connectivity index is 1.36. The number of allylic oxidation sites excluding steroid dienone is 1. The number of carbonyl (C=O) groups is 1. The van der Waals surface area contributed by atoms with Crippen molar-refractivity contribution in [1.82, 2.24) is 4.98 Å². The molecule has 1 amide bonds. The molecule has 6 nitrogen and oxygen atoms in total. The molecule has 35 heavy (non-hydrogen) atoms. The molecule has 0 spiro atoms. The van der Waals surface area contributed by atoms with E-state index >= 15 is 0 Å². The van der Waals surface area contributed by atoms with Crippen LogP contribution >= 0.6 is 0 Å². The van der Waals surface area contributed by atoms with E-state index in [9.17, 15) is 4.79 Å². The molecule has 3 aromatic carbocycles. The van der Waals surface area contributed by atoms with Crippen molar-refractivity contribution in [3.63, 3.8) is 0 Å². The molecule has 0 aliphatic carbocycles. The third kappa shape index (κ3) is 5.23. The molecule has 0 saturated heterocycles. The molecule has 0 saturated carbocycles. The summed E-state index contributed by atoms with van der Waals surface area (Å²) < 4.78 is 18.1. The van der Waals surface area contributed by atoms with Crippen molar-refractivity contribution < 1.29 is 18.7 Å². The summed E-state index contributed by atoms with van der Waals surface area (Å²) in [5, 5.41) is 2.83. The van der Waals surface area contributed by atoms with Gasteiger partial charge in [-0.3, -0.25) is 9.78 Å². The van der Waals surface area contributed by atoms with Gasteiger partial charge in [-0.2, -0.15) is 0 Å². The molecular formula is C29H22N2O4. The van der Waals surface area contributed by atoms with Crippen LogP contribution in [0.3, 0.4) is 0 Å². The molecule has 2 heterocycles. The van der Waals surface area contributed by atoms with Crippen LogP contribution in [0.15, 0.2) is 114 Å². The van der Waals surface area contributed by atoms with E-state index in [2.05, 4.69) is 10.3 Å². The van der Waals surface area contributed by atoms with Crippen LogP contribution in [-0.2, 0) is 4.79 Å². The van der Waals surface area contributed by atoms with Crippen molar-refractivity contribution in [3.05, 3.63) is 109 Å². The summed E-state index contributed by atoms with van der Waals surface area (Å²) >= 11 is 0. The average Bonchev–Trinajstić information content (AvgIpc) is 3.32. The highest BCUT2D eigenvalue weighted by Crippen LogP contribution is 2.35. The number of fused-ring (bicyclic) bond motifs is 1. The van der Waals surface area contributed by atoms with Gasteiger partial charge in [-0.25, -0.2) is 0 Å². The zero-order valence-corrected chi connectivity index (χ0v) is 19.0. The summed E-state index contributed by atoms with van der Waals surface area (Å²) in [5.74, 6) is 3.11. The summed E-state index contributed by atoms with van der Waals surface area (Å²) in [5.41, 5.74) is 2.70. The third-order valence-electron chi connectivity index (χ3n) is 5.14. The Morgan fingerprint density at radius 1 is 0.857 bits per heavy atom. The molecule has 0 bridgehead atoms. The number of anilines is 1. The van der Waals surface area contributed by atoms with E-state index in [4.69, 9.17) is 13.9 Å². The van der Waals surface area contributed by atoms with Gasteiger partial charge in [0.2, 0.25) is 5.91 Å². The van der Waals surface area contributed by atoms with Crippen molar-refractivity contribution in [2.45, 2.75) is 6.92 Å². The predicted molar refractivity (Wildman–Crippen MR) is 136 cm³/mol. The van der Waals surface area contributed by atoms with Crippen molar-refractivity contribution in [1.29, 1.82) is 0 Å². The van der Waals surface area contributed by atoms with Crippen LogP contribution in [-0.4, -0.2) is 10.9 Å². The zero-order chi connectivity index (χ0) is 24.0. The number of ether oxygens (including phenoxy) is 2. The molecule has 0 aliphatic heterocycles. The molecule has 172 valence electrons. The lowest BCUT2D eigenvalue weighted by Gasteiger charge is -2.08. The van der Waals surface area contributed by atoms with Gasteiger partial charge in [0, 0.05) is 29.6 Å². The fourth-order valence-corrected chi connectivity index (χ4v) is 3.55. The van der Waals surface area contributed by atoms with Crippen molar-refractivity contribution in [3.8, 4) is 34.3 Å². The maximum absolute atomic E-state index is 11.9. The number of hydrogen-bond acceptors (Lipinski definition) is 5. The smallest absolute Gasteiger partial charge is 0.248 e. The van der Waals surface area contributed by atoms with Crippen molar-refractivity contribution in [2.75, 3.05) is 5.32 Å². The van der Waals surface area contributed by atoms with Gasteiger partial charge in [0.1, 0.15) is 28.5 Å². The van der Waals surface area contributed by atoms with Crippen molar-refractivity contribution >= 4 is 22.7 Å². The van der Waals surface area contributed by atoms with Gasteiger partial charge >= 0.3 is 0 Å². The van der Waals surface area contributed by atoms with Crippen LogP contribution in [0.25, 0.3) is 22.4 Å². The number of amides is 1. The lowest BCUT2D eigenvalue weighted by molar-refractivity contribution is -0.111. The second kappa shape index (κ2) is 9.97. The van der Waals surface area contributed by atoms with E-state index < -0.39 is 0 Å². The average molecular weight is 463 g/mol. The monoisotopic (exact) mass is 462 g/mol. The highest BCUT2D eigenvalue weighted by Gasteiger charge is 2.13.